The molecule has 2 rings (SSSR count). The zero-order valence-electron chi connectivity index (χ0n) is 11.2. The number of aryl methyl sites for hydroxylation is 2. The van der Waals surface area contributed by atoms with E-state index in [2.05, 4.69) is 10.2 Å². The average Bonchev–Trinajstić information content (AvgIpc) is 2.64. The second-order valence-corrected chi connectivity index (χ2v) is 5.26. The van der Waals surface area contributed by atoms with Crippen molar-refractivity contribution >= 4 is 5.91 Å². The first kappa shape index (κ1) is 13.1. The maximum Gasteiger partial charge on any atom is 0.227 e. The van der Waals surface area contributed by atoms with Crippen LogP contribution in [0.3, 0.4) is 0 Å². The molecule has 1 aliphatic heterocycles. The molecule has 2 N–H and O–H groups in total. The minimum atomic E-state index is -0.272. The van der Waals surface area contributed by atoms with Gasteiger partial charge >= 0.3 is 0 Å². The van der Waals surface area contributed by atoms with E-state index >= 15 is 0 Å². The molecule has 1 amide bonds. The SMILES string of the molecule is Cc1n[nH]c(C)c1CC(=O)N1CCC(O)C(C)C1. The molecule has 1 fully saturated rings. The monoisotopic (exact) mass is 251 g/mol. The first-order chi connectivity index (χ1) is 8.49. The summed E-state index contributed by atoms with van der Waals surface area (Å²) in [5, 5.41) is 16.7. The second kappa shape index (κ2) is 5.10. The van der Waals surface area contributed by atoms with E-state index in [1.807, 2.05) is 25.7 Å². The number of carbonyl (C=O) groups excluding carboxylic acids is 1. The van der Waals surface area contributed by atoms with Gasteiger partial charge in [-0.05, 0) is 26.2 Å². The van der Waals surface area contributed by atoms with Crippen LogP contribution in [0.4, 0.5) is 0 Å². The fraction of sp³-hybridized carbons (Fsp3) is 0.692. The summed E-state index contributed by atoms with van der Waals surface area (Å²) < 4.78 is 0. The molecule has 0 radical (unpaired) electrons. The Hall–Kier alpha value is -1.36. The van der Waals surface area contributed by atoms with Gasteiger partial charge in [0.15, 0.2) is 0 Å². The van der Waals surface area contributed by atoms with Crippen LogP contribution in [0.25, 0.3) is 0 Å². The molecule has 18 heavy (non-hydrogen) atoms. The summed E-state index contributed by atoms with van der Waals surface area (Å²) in [4.78, 5) is 14.1. The summed E-state index contributed by atoms with van der Waals surface area (Å²) in [6.45, 7) is 7.13. The molecule has 1 aromatic rings. The predicted octanol–water partition coefficient (Wildman–Crippen LogP) is 0.798. The highest BCUT2D eigenvalue weighted by molar-refractivity contribution is 5.79. The van der Waals surface area contributed by atoms with E-state index in [-0.39, 0.29) is 17.9 Å². The highest BCUT2D eigenvalue weighted by Gasteiger charge is 2.27. The average molecular weight is 251 g/mol. The van der Waals surface area contributed by atoms with E-state index in [9.17, 15) is 9.90 Å². The molecule has 0 spiro atoms. The van der Waals surface area contributed by atoms with E-state index in [4.69, 9.17) is 0 Å². The normalized spacial score (nSPS) is 24.3. The van der Waals surface area contributed by atoms with Gasteiger partial charge in [-0.2, -0.15) is 5.10 Å². The number of hydrogen-bond acceptors (Lipinski definition) is 3. The molecule has 5 nitrogen and oxygen atoms in total. The van der Waals surface area contributed by atoms with Gasteiger partial charge < -0.3 is 10.0 Å². The largest absolute Gasteiger partial charge is 0.393 e. The molecule has 0 saturated carbocycles. The number of aromatic amines is 1. The third kappa shape index (κ3) is 2.56. The number of likely N-dealkylation sites (tertiary alicyclic amines) is 1. The summed E-state index contributed by atoms with van der Waals surface area (Å²) >= 11 is 0. The Morgan fingerprint density at radius 1 is 1.56 bits per heavy atom. The maximum absolute atomic E-state index is 12.2. The van der Waals surface area contributed by atoms with Gasteiger partial charge in [0, 0.05) is 24.3 Å². The van der Waals surface area contributed by atoms with Crippen molar-refractivity contribution in [1.82, 2.24) is 15.1 Å². The number of aromatic nitrogens is 2. The lowest BCUT2D eigenvalue weighted by molar-refractivity contribution is -0.134. The van der Waals surface area contributed by atoms with Crippen molar-refractivity contribution in [3.8, 4) is 0 Å². The van der Waals surface area contributed by atoms with Gasteiger partial charge in [-0.3, -0.25) is 9.89 Å². The van der Waals surface area contributed by atoms with Crippen LogP contribution in [0.2, 0.25) is 0 Å². The summed E-state index contributed by atoms with van der Waals surface area (Å²) in [5.74, 6) is 0.288. The summed E-state index contributed by atoms with van der Waals surface area (Å²) in [5.41, 5.74) is 2.86. The highest BCUT2D eigenvalue weighted by atomic mass is 16.3. The molecule has 0 bridgehead atoms. The number of amides is 1. The number of H-pyrrole nitrogens is 1. The summed E-state index contributed by atoms with van der Waals surface area (Å²) in [6, 6.07) is 0. The minimum absolute atomic E-state index is 0.126. The Labute approximate surface area is 107 Å². The van der Waals surface area contributed by atoms with Crippen LogP contribution < -0.4 is 0 Å². The van der Waals surface area contributed by atoms with Gasteiger partial charge in [0.05, 0.1) is 18.2 Å². The van der Waals surface area contributed by atoms with Crippen LogP contribution in [-0.4, -0.2) is 45.3 Å². The van der Waals surface area contributed by atoms with Crippen LogP contribution >= 0.6 is 0 Å². The van der Waals surface area contributed by atoms with Gasteiger partial charge in [-0.15, -0.1) is 0 Å². The zero-order valence-corrected chi connectivity index (χ0v) is 11.2. The Bertz CT molecular complexity index is 422. The maximum atomic E-state index is 12.2. The molecule has 2 atom stereocenters. The van der Waals surface area contributed by atoms with Crippen LogP contribution in [0.1, 0.15) is 30.3 Å². The van der Waals surface area contributed by atoms with Crippen LogP contribution in [0, 0.1) is 19.8 Å². The Morgan fingerprint density at radius 2 is 2.28 bits per heavy atom. The number of piperidine rings is 1. The first-order valence-corrected chi connectivity index (χ1v) is 6.45. The van der Waals surface area contributed by atoms with E-state index in [1.54, 1.807) is 0 Å². The van der Waals surface area contributed by atoms with Gasteiger partial charge in [-0.25, -0.2) is 0 Å². The van der Waals surface area contributed by atoms with E-state index in [1.165, 1.54) is 0 Å². The molecular formula is C13H21N3O2. The smallest absolute Gasteiger partial charge is 0.227 e. The molecule has 2 heterocycles. The highest BCUT2D eigenvalue weighted by Crippen LogP contribution is 2.18. The third-order valence-corrected chi connectivity index (χ3v) is 3.82. The lowest BCUT2D eigenvalue weighted by Crippen LogP contribution is -2.45. The molecule has 1 aromatic heterocycles. The number of rotatable bonds is 2. The molecule has 2 unspecified atom stereocenters. The molecule has 1 aliphatic rings. The van der Waals surface area contributed by atoms with Crippen molar-refractivity contribution in [2.45, 2.75) is 39.7 Å². The van der Waals surface area contributed by atoms with Gasteiger partial charge in [0.25, 0.3) is 0 Å². The standard InChI is InChI=1S/C13H21N3O2/c1-8-7-16(5-4-12(8)17)13(18)6-11-9(2)14-15-10(11)3/h8,12,17H,4-7H2,1-3H3,(H,14,15). The Morgan fingerprint density at radius 3 is 2.83 bits per heavy atom. The second-order valence-electron chi connectivity index (χ2n) is 5.26. The van der Waals surface area contributed by atoms with Crippen LogP contribution in [-0.2, 0) is 11.2 Å². The minimum Gasteiger partial charge on any atom is -0.393 e. The number of aliphatic hydroxyl groups excluding tert-OH is 1. The van der Waals surface area contributed by atoms with Gasteiger partial charge in [0.2, 0.25) is 5.91 Å². The van der Waals surface area contributed by atoms with Crippen LogP contribution in [0.5, 0.6) is 0 Å². The fourth-order valence-electron chi connectivity index (χ4n) is 2.46. The molecular weight excluding hydrogens is 230 g/mol. The quantitative estimate of drug-likeness (QED) is 0.817. The van der Waals surface area contributed by atoms with Crippen LogP contribution in [0.15, 0.2) is 0 Å². The third-order valence-electron chi connectivity index (χ3n) is 3.82. The predicted molar refractivity (Wildman–Crippen MR) is 68.1 cm³/mol. The Kier molecular flexibility index (Phi) is 3.71. The van der Waals surface area contributed by atoms with Crippen molar-refractivity contribution in [2.24, 2.45) is 5.92 Å². The van der Waals surface area contributed by atoms with E-state index in [0.29, 0.717) is 25.9 Å². The number of carbonyl (C=O) groups is 1. The summed E-state index contributed by atoms with van der Waals surface area (Å²) in [6.07, 6.45) is 0.805. The first-order valence-electron chi connectivity index (χ1n) is 6.45. The molecule has 5 heteroatoms. The fourth-order valence-corrected chi connectivity index (χ4v) is 2.46. The van der Waals surface area contributed by atoms with E-state index < -0.39 is 0 Å². The molecule has 0 aromatic carbocycles. The van der Waals surface area contributed by atoms with Crippen molar-refractivity contribution in [3.63, 3.8) is 0 Å². The Balaban J connectivity index is 2.01. The van der Waals surface area contributed by atoms with Crippen molar-refractivity contribution in [3.05, 3.63) is 17.0 Å². The lowest BCUT2D eigenvalue weighted by Gasteiger charge is -2.34. The number of nitrogens with zero attached hydrogens (tertiary/aromatic N) is 2. The van der Waals surface area contributed by atoms with E-state index in [0.717, 1.165) is 17.0 Å². The summed E-state index contributed by atoms with van der Waals surface area (Å²) in [7, 11) is 0. The number of nitrogens with one attached hydrogen (secondary N) is 1. The molecule has 1 saturated heterocycles. The van der Waals surface area contributed by atoms with Crippen molar-refractivity contribution < 1.29 is 9.90 Å². The van der Waals surface area contributed by atoms with Gasteiger partial charge in [-0.1, -0.05) is 6.92 Å². The zero-order chi connectivity index (χ0) is 13.3. The van der Waals surface area contributed by atoms with Crippen molar-refractivity contribution in [2.75, 3.05) is 13.1 Å². The molecule has 100 valence electrons. The lowest BCUT2D eigenvalue weighted by atomic mass is 9.96. The topological polar surface area (TPSA) is 69.2 Å². The number of aliphatic hydroxyl groups is 1. The van der Waals surface area contributed by atoms with Gasteiger partial charge in [0.1, 0.15) is 0 Å². The molecule has 0 aliphatic carbocycles. The van der Waals surface area contributed by atoms with Crippen molar-refractivity contribution in [1.29, 1.82) is 0 Å². The number of hydrogen-bond donors (Lipinski definition) is 2.